The molecule has 0 spiro atoms. The summed E-state index contributed by atoms with van der Waals surface area (Å²) in [4.78, 5) is 0.353. The van der Waals surface area contributed by atoms with Crippen molar-refractivity contribution in [1.29, 1.82) is 0 Å². The maximum atomic E-state index is 13.0. The summed E-state index contributed by atoms with van der Waals surface area (Å²) in [5.41, 5.74) is 1.05. The molecule has 2 nitrogen and oxygen atoms in total. The molecule has 0 N–H and O–H groups in total. The van der Waals surface area contributed by atoms with Gasteiger partial charge in [-0.1, -0.05) is 0 Å². The van der Waals surface area contributed by atoms with Crippen molar-refractivity contribution in [3.05, 3.63) is 69.2 Å². The van der Waals surface area contributed by atoms with Gasteiger partial charge in [0.15, 0.2) is 0 Å². The van der Waals surface area contributed by atoms with Gasteiger partial charge in [0.1, 0.15) is 0 Å². The summed E-state index contributed by atoms with van der Waals surface area (Å²) in [6.07, 6.45) is 5.24. The van der Waals surface area contributed by atoms with Crippen molar-refractivity contribution in [2.24, 2.45) is 0 Å². The molecule has 148 valence electrons. The van der Waals surface area contributed by atoms with Gasteiger partial charge in [0.05, 0.1) is 0 Å². The number of hydrogen-bond donors (Lipinski definition) is 0. The first kappa shape index (κ1) is 23.2. The van der Waals surface area contributed by atoms with Crippen LogP contribution >= 0.6 is 25.5 Å². The van der Waals surface area contributed by atoms with Crippen molar-refractivity contribution in [2.45, 2.75) is 50.8 Å². The van der Waals surface area contributed by atoms with Gasteiger partial charge in [-0.05, 0) is 0 Å². The van der Waals surface area contributed by atoms with Crippen molar-refractivity contribution in [1.82, 2.24) is 0 Å². The van der Waals surface area contributed by atoms with Crippen molar-refractivity contribution in [3.63, 3.8) is 0 Å². The quantitative estimate of drug-likeness (QED) is 0.241. The van der Waals surface area contributed by atoms with Gasteiger partial charge in [0.25, 0.3) is 0 Å². The first-order chi connectivity index (χ1) is 12.8. The van der Waals surface area contributed by atoms with E-state index in [9.17, 15) is 8.42 Å². The van der Waals surface area contributed by atoms with E-state index in [1.807, 2.05) is 37.3 Å². The van der Waals surface area contributed by atoms with E-state index in [0.29, 0.717) is 4.90 Å². The Morgan fingerprint density at radius 3 is 2.19 bits per heavy atom. The monoisotopic (exact) mass is 630 g/mol. The van der Waals surface area contributed by atoms with Gasteiger partial charge in [0, 0.05) is 0 Å². The van der Waals surface area contributed by atoms with Crippen LogP contribution in [0, 0.1) is 6.92 Å². The molecule has 0 aliphatic rings. The molecule has 0 atom stereocenters. The summed E-state index contributed by atoms with van der Waals surface area (Å²) >= 11 is 4.83. The van der Waals surface area contributed by atoms with Crippen LogP contribution in [-0.2, 0) is 9.84 Å². The van der Waals surface area contributed by atoms with Gasteiger partial charge in [-0.15, -0.1) is 0 Å². The standard InChI is InChI=1S/C21H26Br2O2STe/c1-3-4-5-7-12-21(27(22,23)20-10-8-6-9-11-20)17-26(24,25)19-15-13-18(2)14-16-19/h6,8-11,13-17H,3-5,7,12H2,1-2H3/b21-17-. The molecule has 0 amide bonds. The van der Waals surface area contributed by atoms with Gasteiger partial charge in [-0.25, -0.2) is 0 Å². The van der Waals surface area contributed by atoms with Crippen LogP contribution in [-0.4, -0.2) is 22.2 Å². The van der Waals surface area contributed by atoms with E-state index < -0.39 is 23.6 Å². The van der Waals surface area contributed by atoms with Crippen LogP contribution in [0.2, 0.25) is 0 Å². The van der Waals surface area contributed by atoms with Crippen LogP contribution in [0.1, 0.15) is 44.6 Å². The third kappa shape index (κ3) is 6.71. The summed E-state index contributed by atoms with van der Waals surface area (Å²) in [5.74, 6) is 0. The maximum absolute atomic E-state index is 13.0. The molecule has 0 fully saturated rings. The Balaban J connectivity index is 2.41. The van der Waals surface area contributed by atoms with E-state index >= 15 is 0 Å². The molecule has 0 saturated heterocycles. The molecule has 6 heteroatoms. The fourth-order valence-electron chi connectivity index (χ4n) is 2.69. The molecule has 0 radical (unpaired) electrons. The van der Waals surface area contributed by atoms with E-state index in [2.05, 4.69) is 44.6 Å². The van der Waals surface area contributed by atoms with Gasteiger partial charge in [0.2, 0.25) is 0 Å². The zero-order valence-corrected chi connectivity index (χ0v) is 22.0. The first-order valence-electron chi connectivity index (χ1n) is 9.07. The predicted molar refractivity (Wildman–Crippen MR) is 125 cm³/mol. The first-order valence-corrected chi connectivity index (χ1v) is 23.4. The average Bonchev–Trinajstić information content (AvgIpc) is 2.65. The molecule has 0 saturated carbocycles. The SMILES string of the molecule is CCCCCC/C(=C/S(=O)(=O)c1ccc(C)cc1)[Te](Br)(Br)c1ccccc1. The Labute approximate surface area is 179 Å². The number of hydrogen-bond acceptors (Lipinski definition) is 2. The van der Waals surface area contributed by atoms with Gasteiger partial charge in [-0.3, -0.25) is 0 Å². The number of rotatable bonds is 9. The van der Waals surface area contributed by atoms with Gasteiger partial charge >= 0.3 is 181 Å². The van der Waals surface area contributed by atoms with E-state index in [-0.39, 0.29) is 0 Å². The molecule has 0 unspecified atom stereocenters. The second-order valence-corrected chi connectivity index (χ2v) is 32.7. The second kappa shape index (κ2) is 10.6. The average molecular weight is 630 g/mol. The van der Waals surface area contributed by atoms with Crippen LogP contribution in [0.5, 0.6) is 0 Å². The predicted octanol–water partition coefficient (Wildman–Crippen LogP) is 6.30. The number of benzene rings is 2. The number of aryl methyl sites for hydroxylation is 1. The van der Waals surface area contributed by atoms with Gasteiger partial charge < -0.3 is 0 Å². The van der Waals surface area contributed by atoms with Crippen molar-refractivity contribution in [2.75, 3.05) is 0 Å². The molecule has 0 aromatic heterocycles. The third-order valence-corrected chi connectivity index (χ3v) is 22.1. The van der Waals surface area contributed by atoms with Crippen LogP contribution in [0.15, 0.2) is 68.5 Å². The molecule has 2 aromatic rings. The molecular weight excluding hydrogens is 604 g/mol. The fourth-order valence-corrected chi connectivity index (χ4v) is 17.6. The second-order valence-electron chi connectivity index (χ2n) is 6.53. The molecular formula is C21H26Br2O2STe. The van der Waals surface area contributed by atoms with Gasteiger partial charge in [-0.2, -0.15) is 0 Å². The summed E-state index contributed by atoms with van der Waals surface area (Å²) in [6, 6.07) is 17.2. The van der Waals surface area contributed by atoms with E-state index in [0.717, 1.165) is 34.9 Å². The van der Waals surface area contributed by atoms with Crippen LogP contribution in [0.25, 0.3) is 0 Å². The fraction of sp³-hybridized carbons (Fsp3) is 0.333. The van der Waals surface area contributed by atoms with E-state index in [1.165, 1.54) is 15.4 Å². The Kier molecular flexibility index (Phi) is 9.09. The van der Waals surface area contributed by atoms with E-state index in [1.54, 1.807) is 12.1 Å². The molecule has 0 aliphatic carbocycles. The Hall–Kier alpha value is -0.120. The molecule has 2 aromatic carbocycles. The zero-order valence-electron chi connectivity index (χ0n) is 15.7. The minimum absolute atomic E-state index is 0.353. The molecule has 0 heterocycles. The third-order valence-electron chi connectivity index (χ3n) is 4.28. The van der Waals surface area contributed by atoms with Crippen LogP contribution < -0.4 is 3.61 Å². The molecule has 27 heavy (non-hydrogen) atoms. The Morgan fingerprint density at radius 1 is 0.963 bits per heavy atom. The number of allylic oxidation sites excluding steroid dienone is 1. The zero-order chi connectivity index (χ0) is 19.9. The summed E-state index contributed by atoms with van der Waals surface area (Å²) in [6.45, 7) is 4.14. The van der Waals surface area contributed by atoms with Crippen molar-refractivity contribution < 1.29 is 8.42 Å². The number of unbranched alkanes of at least 4 members (excludes halogenated alkanes) is 3. The number of halogens is 2. The summed E-state index contributed by atoms with van der Waals surface area (Å²) in [7, 11) is -3.48. The van der Waals surface area contributed by atoms with Crippen LogP contribution in [0.3, 0.4) is 0 Å². The topological polar surface area (TPSA) is 34.1 Å². The Morgan fingerprint density at radius 2 is 1.59 bits per heavy atom. The van der Waals surface area contributed by atoms with Crippen molar-refractivity contribution >= 4 is 52.7 Å². The van der Waals surface area contributed by atoms with Crippen LogP contribution in [0.4, 0.5) is 0 Å². The van der Waals surface area contributed by atoms with E-state index in [4.69, 9.17) is 0 Å². The summed E-state index contributed by atoms with van der Waals surface area (Å²) in [5, 5.41) is 1.52. The van der Waals surface area contributed by atoms with Crippen molar-refractivity contribution in [3.8, 4) is 0 Å². The number of sulfone groups is 1. The Bertz CT molecular complexity index is 861. The minimum atomic E-state index is -3.48. The normalized spacial score (nSPS) is 13.6. The molecule has 0 bridgehead atoms. The molecule has 0 aliphatic heterocycles. The summed E-state index contributed by atoms with van der Waals surface area (Å²) < 4.78 is 28.2. The molecule has 2 rings (SSSR count).